The Bertz CT molecular complexity index is 589. The van der Waals surface area contributed by atoms with Gasteiger partial charge in [0.25, 0.3) is 0 Å². The van der Waals surface area contributed by atoms with Gasteiger partial charge in [-0.05, 0) is 13.8 Å². The molecule has 0 saturated carbocycles. The summed E-state index contributed by atoms with van der Waals surface area (Å²) in [6.07, 6.45) is 4.14. The Hall–Kier alpha value is -1.66. The first-order valence-electron chi connectivity index (χ1n) is 7.40. The van der Waals surface area contributed by atoms with Crippen LogP contribution in [-0.2, 0) is 24.2 Å². The number of hydrogen-bond donors (Lipinski definition) is 0. The van der Waals surface area contributed by atoms with Crippen LogP contribution < -0.4 is 0 Å². The standard InChI is InChI=1S/C15H22N4O2/c1-11(2)18-5-4-14-12(8-18)15(13-9-21-10-16-13)17-19(14)6-7-20-3/h9-11H,4-8H2,1-3H3. The molecule has 3 heterocycles. The van der Waals surface area contributed by atoms with E-state index in [1.54, 1.807) is 13.4 Å². The summed E-state index contributed by atoms with van der Waals surface area (Å²) in [5.74, 6) is 0. The molecule has 2 aromatic heterocycles. The van der Waals surface area contributed by atoms with E-state index in [9.17, 15) is 0 Å². The highest BCUT2D eigenvalue weighted by molar-refractivity contribution is 5.59. The first kappa shape index (κ1) is 14.3. The van der Waals surface area contributed by atoms with E-state index < -0.39 is 0 Å². The molecule has 6 heteroatoms. The third kappa shape index (κ3) is 2.73. The molecule has 1 aliphatic heterocycles. The Kier molecular flexibility index (Phi) is 4.07. The molecule has 0 aliphatic carbocycles. The van der Waals surface area contributed by atoms with E-state index in [-0.39, 0.29) is 0 Å². The van der Waals surface area contributed by atoms with Crippen molar-refractivity contribution in [3.63, 3.8) is 0 Å². The highest BCUT2D eigenvalue weighted by Crippen LogP contribution is 2.29. The fourth-order valence-corrected chi connectivity index (χ4v) is 2.85. The van der Waals surface area contributed by atoms with Gasteiger partial charge in [-0.15, -0.1) is 0 Å². The van der Waals surface area contributed by atoms with Gasteiger partial charge in [-0.3, -0.25) is 9.58 Å². The minimum absolute atomic E-state index is 0.533. The van der Waals surface area contributed by atoms with Gasteiger partial charge in [0.1, 0.15) is 17.7 Å². The zero-order valence-electron chi connectivity index (χ0n) is 12.9. The monoisotopic (exact) mass is 290 g/mol. The van der Waals surface area contributed by atoms with Gasteiger partial charge in [-0.25, -0.2) is 4.98 Å². The summed E-state index contributed by atoms with van der Waals surface area (Å²) in [6, 6.07) is 0.533. The van der Waals surface area contributed by atoms with Gasteiger partial charge in [0.15, 0.2) is 6.39 Å². The molecular formula is C15H22N4O2. The number of oxazole rings is 1. The van der Waals surface area contributed by atoms with E-state index in [1.807, 2.05) is 0 Å². The van der Waals surface area contributed by atoms with Gasteiger partial charge in [0.2, 0.25) is 0 Å². The molecule has 0 N–H and O–H groups in total. The molecule has 2 aromatic rings. The molecule has 0 aromatic carbocycles. The zero-order chi connectivity index (χ0) is 14.8. The van der Waals surface area contributed by atoms with Gasteiger partial charge in [-0.1, -0.05) is 0 Å². The summed E-state index contributed by atoms with van der Waals surface area (Å²) in [7, 11) is 1.72. The van der Waals surface area contributed by atoms with Crippen LogP contribution in [0.1, 0.15) is 25.1 Å². The molecule has 6 nitrogen and oxygen atoms in total. The van der Waals surface area contributed by atoms with Crippen molar-refractivity contribution in [1.29, 1.82) is 0 Å². The summed E-state index contributed by atoms with van der Waals surface area (Å²) < 4.78 is 12.4. The first-order chi connectivity index (χ1) is 10.2. The van der Waals surface area contributed by atoms with Gasteiger partial charge in [0, 0.05) is 43.9 Å². The molecule has 0 atom stereocenters. The van der Waals surface area contributed by atoms with E-state index >= 15 is 0 Å². The van der Waals surface area contributed by atoms with Gasteiger partial charge >= 0.3 is 0 Å². The van der Waals surface area contributed by atoms with Crippen molar-refractivity contribution >= 4 is 0 Å². The first-order valence-corrected chi connectivity index (χ1v) is 7.40. The van der Waals surface area contributed by atoms with E-state index in [0.717, 1.165) is 37.4 Å². The molecule has 0 amide bonds. The third-order valence-corrected chi connectivity index (χ3v) is 4.08. The predicted octanol–water partition coefficient (Wildman–Crippen LogP) is 1.95. The van der Waals surface area contributed by atoms with E-state index in [4.69, 9.17) is 14.3 Å². The van der Waals surface area contributed by atoms with Crippen LogP contribution >= 0.6 is 0 Å². The lowest BCUT2D eigenvalue weighted by molar-refractivity contribution is 0.178. The zero-order valence-corrected chi connectivity index (χ0v) is 12.9. The number of nitrogens with zero attached hydrogens (tertiary/aromatic N) is 4. The SMILES string of the molecule is COCCn1nc(-c2cocn2)c2c1CCN(C(C)C)C2. The number of fused-ring (bicyclic) bond motifs is 1. The van der Waals surface area contributed by atoms with Crippen molar-refractivity contribution in [3.8, 4) is 11.4 Å². The molecule has 114 valence electrons. The highest BCUT2D eigenvalue weighted by atomic mass is 16.5. The van der Waals surface area contributed by atoms with Crippen LogP contribution in [0.25, 0.3) is 11.4 Å². The largest absolute Gasteiger partial charge is 0.451 e. The second-order valence-corrected chi connectivity index (χ2v) is 5.68. The van der Waals surface area contributed by atoms with Crippen molar-refractivity contribution in [2.75, 3.05) is 20.3 Å². The van der Waals surface area contributed by atoms with Crippen LogP contribution in [0.5, 0.6) is 0 Å². The summed E-state index contributed by atoms with van der Waals surface area (Å²) in [6.45, 7) is 7.90. The molecule has 0 spiro atoms. The topological polar surface area (TPSA) is 56.3 Å². The fourth-order valence-electron chi connectivity index (χ4n) is 2.85. The average molecular weight is 290 g/mol. The Labute approximate surface area is 124 Å². The molecule has 0 bridgehead atoms. The van der Waals surface area contributed by atoms with E-state index in [2.05, 4.69) is 28.4 Å². The lowest BCUT2D eigenvalue weighted by atomic mass is 10.0. The van der Waals surface area contributed by atoms with Gasteiger partial charge in [0.05, 0.1) is 13.2 Å². The number of ether oxygens (including phenoxy) is 1. The van der Waals surface area contributed by atoms with E-state index in [1.165, 1.54) is 17.7 Å². The second kappa shape index (κ2) is 5.99. The Morgan fingerprint density at radius 1 is 1.43 bits per heavy atom. The van der Waals surface area contributed by atoms with Crippen molar-refractivity contribution in [2.24, 2.45) is 0 Å². The quantitative estimate of drug-likeness (QED) is 0.842. The van der Waals surface area contributed by atoms with Crippen LogP contribution in [0.2, 0.25) is 0 Å². The molecule has 21 heavy (non-hydrogen) atoms. The summed E-state index contributed by atoms with van der Waals surface area (Å²) in [5.41, 5.74) is 4.34. The van der Waals surface area contributed by atoms with Crippen LogP contribution in [0.4, 0.5) is 0 Å². The van der Waals surface area contributed by atoms with Crippen molar-refractivity contribution in [3.05, 3.63) is 23.9 Å². The minimum Gasteiger partial charge on any atom is -0.451 e. The van der Waals surface area contributed by atoms with E-state index in [0.29, 0.717) is 12.6 Å². The average Bonchev–Trinajstić information content (AvgIpc) is 3.12. The molecule has 0 radical (unpaired) electrons. The van der Waals surface area contributed by atoms with Crippen molar-refractivity contribution in [2.45, 2.75) is 39.4 Å². The number of methoxy groups -OCH3 is 1. The number of hydrogen-bond acceptors (Lipinski definition) is 5. The highest BCUT2D eigenvalue weighted by Gasteiger charge is 2.27. The van der Waals surface area contributed by atoms with Crippen LogP contribution in [0.3, 0.4) is 0 Å². The van der Waals surface area contributed by atoms with Crippen LogP contribution in [0.15, 0.2) is 17.1 Å². The number of rotatable bonds is 5. The van der Waals surface area contributed by atoms with Crippen molar-refractivity contribution < 1.29 is 9.15 Å². The fraction of sp³-hybridized carbons (Fsp3) is 0.600. The van der Waals surface area contributed by atoms with Crippen LogP contribution in [-0.4, -0.2) is 46.0 Å². The minimum atomic E-state index is 0.533. The molecule has 0 fully saturated rings. The smallest absolute Gasteiger partial charge is 0.181 e. The summed E-state index contributed by atoms with van der Waals surface area (Å²) in [4.78, 5) is 6.73. The van der Waals surface area contributed by atoms with Crippen LogP contribution in [0, 0.1) is 0 Å². The Balaban J connectivity index is 1.98. The maximum Gasteiger partial charge on any atom is 0.181 e. The molecule has 3 rings (SSSR count). The van der Waals surface area contributed by atoms with Gasteiger partial charge in [-0.2, -0.15) is 5.10 Å². The number of aromatic nitrogens is 3. The predicted molar refractivity (Wildman–Crippen MR) is 78.9 cm³/mol. The third-order valence-electron chi connectivity index (χ3n) is 4.08. The lowest BCUT2D eigenvalue weighted by Gasteiger charge is -2.30. The van der Waals surface area contributed by atoms with Crippen molar-refractivity contribution in [1.82, 2.24) is 19.7 Å². The molecular weight excluding hydrogens is 268 g/mol. The Morgan fingerprint density at radius 2 is 2.29 bits per heavy atom. The maximum absolute atomic E-state index is 5.19. The lowest BCUT2D eigenvalue weighted by Crippen LogP contribution is -2.36. The summed E-state index contributed by atoms with van der Waals surface area (Å²) >= 11 is 0. The Morgan fingerprint density at radius 3 is 2.95 bits per heavy atom. The van der Waals surface area contributed by atoms with Gasteiger partial charge < -0.3 is 9.15 Å². The second-order valence-electron chi connectivity index (χ2n) is 5.68. The molecule has 1 aliphatic rings. The molecule has 0 saturated heterocycles. The normalized spacial score (nSPS) is 15.6. The maximum atomic E-state index is 5.19. The summed E-state index contributed by atoms with van der Waals surface area (Å²) in [5, 5.41) is 4.75. The molecule has 0 unspecified atom stereocenters.